The molecular formula is C19H30FN. The average molecular weight is 291 g/mol. The maximum atomic E-state index is 13.8. The SMILES string of the molecule is Cc1cc(F)cc(C2CC(C)(C)CCC2CNC(C)C)c1. The zero-order valence-corrected chi connectivity index (χ0v) is 14.2. The summed E-state index contributed by atoms with van der Waals surface area (Å²) in [5, 5.41) is 3.58. The summed E-state index contributed by atoms with van der Waals surface area (Å²) >= 11 is 0. The molecule has 0 heterocycles. The summed E-state index contributed by atoms with van der Waals surface area (Å²) < 4.78 is 13.8. The van der Waals surface area contributed by atoms with E-state index in [1.165, 1.54) is 18.4 Å². The second-order valence-corrected chi connectivity index (χ2v) is 7.90. The molecular weight excluding hydrogens is 261 g/mol. The van der Waals surface area contributed by atoms with Gasteiger partial charge in [0.2, 0.25) is 0 Å². The van der Waals surface area contributed by atoms with Crippen molar-refractivity contribution in [2.75, 3.05) is 6.54 Å². The lowest BCUT2D eigenvalue weighted by Gasteiger charge is -2.41. The maximum Gasteiger partial charge on any atom is 0.123 e. The van der Waals surface area contributed by atoms with Crippen LogP contribution in [0.3, 0.4) is 0 Å². The number of benzene rings is 1. The van der Waals surface area contributed by atoms with E-state index in [1.54, 1.807) is 12.1 Å². The van der Waals surface area contributed by atoms with Gasteiger partial charge in [-0.2, -0.15) is 0 Å². The van der Waals surface area contributed by atoms with Crippen LogP contribution in [0.4, 0.5) is 4.39 Å². The largest absolute Gasteiger partial charge is 0.314 e. The van der Waals surface area contributed by atoms with Gasteiger partial charge in [0.05, 0.1) is 0 Å². The molecule has 2 rings (SSSR count). The highest BCUT2D eigenvalue weighted by Gasteiger charge is 2.35. The zero-order chi connectivity index (χ0) is 15.6. The van der Waals surface area contributed by atoms with Gasteiger partial charge in [-0.1, -0.05) is 33.8 Å². The summed E-state index contributed by atoms with van der Waals surface area (Å²) in [6, 6.07) is 6.06. The Morgan fingerprint density at radius 1 is 1.29 bits per heavy atom. The summed E-state index contributed by atoms with van der Waals surface area (Å²) in [4.78, 5) is 0. The van der Waals surface area contributed by atoms with E-state index < -0.39 is 0 Å². The Bertz CT molecular complexity index is 456. The van der Waals surface area contributed by atoms with Crippen molar-refractivity contribution in [3.05, 3.63) is 35.1 Å². The molecule has 1 saturated carbocycles. The lowest BCUT2D eigenvalue weighted by Crippen LogP contribution is -2.37. The Morgan fingerprint density at radius 3 is 2.62 bits per heavy atom. The van der Waals surface area contributed by atoms with Gasteiger partial charge in [-0.05, 0) is 73.2 Å². The molecule has 0 bridgehead atoms. The van der Waals surface area contributed by atoms with E-state index in [2.05, 4.69) is 39.1 Å². The van der Waals surface area contributed by atoms with E-state index in [0.29, 0.717) is 23.3 Å². The third kappa shape index (κ3) is 4.54. The first-order valence-corrected chi connectivity index (χ1v) is 8.27. The molecule has 2 unspecified atom stereocenters. The van der Waals surface area contributed by atoms with Gasteiger partial charge in [0.25, 0.3) is 0 Å². The van der Waals surface area contributed by atoms with E-state index in [1.807, 2.05) is 6.92 Å². The van der Waals surface area contributed by atoms with E-state index in [-0.39, 0.29) is 5.82 Å². The predicted molar refractivity (Wildman–Crippen MR) is 88.1 cm³/mol. The van der Waals surface area contributed by atoms with Gasteiger partial charge >= 0.3 is 0 Å². The van der Waals surface area contributed by atoms with Crippen LogP contribution in [0.25, 0.3) is 0 Å². The second-order valence-electron chi connectivity index (χ2n) is 7.90. The topological polar surface area (TPSA) is 12.0 Å². The van der Waals surface area contributed by atoms with Gasteiger partial charge in [0.15, 0.2) is 0 Å². The Kier molecular flexibility index (Phi) is 5.08. The number of hydrogen-bond acceptors (Lipinski definition) is 1. The standard InChI is InChI=1S/C19H30FN/c1-13(2)21-12-15-6-7-19(4,5)11-18(15)16-8-14(3)9-17(20)10-16/h8-10,13,15,18,21H,6-7,11-12H2,1-5H3. The van der Waals surface area contributed by atoms with Crippen LogP contribution in [0.15, 0.2) is 18.2 Å². The van der Waals surface area contributed by atoms with Crippen molar-refractivity contribution in [2.45, 2.75) is 65.8 Å². The summed E-state index contributed by atoms with van der Waals surface area (Å²) in [7, 11) is 0. The van der Waals surface area contributed by atoms with Crippen LogP contribution >= 0.6 is 0 Å². The highest BCUT2D eigenvalue weighted by atomic mass is 19.1. The molecule has 0 spiro atoms. The quantitative estimate of drug-likeness (QED) is 0.819. The minimum absolute atomic E-state index is 0.0936. The lowest BCUT2D eigenvalue weighted by molar-refractivity contribution is 0.158. The van der Waals surface area contributed by atoms with Crippen LogP contribution in [0.1, 0.15) is 64.0 Å². The molecule has 0 aliphatic heterocycles. The van der Waals surface area contributed by atoms with Crippen molar-refractivity contribution in [1.82, 2.24) is 5.32 Å². The summed E-state index contributed by atoms with van der Waals surface area (Å²) in [5.74, 6) is 0.986. The fraction of sp³-hybridized carbons (Fsp3) is 0.684. The molecule has 1 nitrogen and oxygen atoms in total. The Balaban J connectivity index is 2.23. The number of nitrogens with one attached hydrogen (secondary N) is 1. The monoisotopic (exact) mass is 291 g/mol. The molecule has 1 aliphatic rings. The Labute approximate surface area is 129 Å². The van der Waals surface area contributed by atoms with Gasteiger partial charge in [-0.25, -0.2) is 4.39 Å². The molecule has 2 heteroatoms. The number of hydrogen-bond donors (Lipinski definition) is 1. The van der Waals surface area contributed by atoms with Crippen molar-refractivity contribution in [3.63, 3.8) is 0 Å². The molecule has 1 N–H and O–H groups in total. The minimum Gasteiger partial charge on any atom is -0.314 e. The molecule has 1 aromatic carbocycles. The third-order valence-corrected chi connectivity index (χ3v) is 4.81. The van der Waals surface area contributed by atoms with E-state index in [9.17, 15) is 4.39 Å². The normalized spacial score (nSPS) is 25.3. The zero-order valence-electron chi connectivity index (χ0n) is 14.2. The van der Waals surface area contributed by atoms with Gasteiger partial charge in [0.1, 0.15) is 5.82 Å². The maximum absolute atomic E-state index is 13.8. The first kappa shape index (κ1) is 16.5. The lowest BCUT2D eigenvalue weighted by atomic mass is 9.65. The van der Waals surface area contributed by atoms with E-state index in [0.717, 1.165) is 18.5 Å². The van der Waals surface area contributed by atoms with Crippen LogP contribution in [-0.2, 0) is 0 Å². The number of aryl methyl sites for hydroxylation is 1. The molecule has 0 amide bonds. The molecule has 1 aliphatic carbocycles. The van der Waals surface area contributed by atoms with E-state index in [4.69, 9.17) is 0 Å². The molecule has 1 fully saturated rings. The first-order chi connectivity index (χ1) is 9.77. The molecule has 0 saturated heterocycles. The third-order valence-electron chi connectivity index (χ3n) is 4.81. The summed E-state index contributed by atoms with van der Waals surface area (Å²) in [6.45, 7) is 12.1. The van der Waals surface area contributed by atoms with Gasteiger partial charge in [-0.15, -0.1) is 0 Å². The fourth-order valence-corrected chi connectivity index (χ4v) is 3.64. The van der Waals surface area contributed by atoms with Crippen LogP contribution < -0.4 is 5.32 Å². The fourth-order valence-electron chi connectivity index (χ4n) is 3.64. The Hall–Kier alpha value is -0.890. The van der Waals surface area contributed by atoms with Crippen LogP contribution in [0, 0.1) is 24.1 Å². The van der Waals surface area contributed by atoms with Crippen LogP contribution in [-0.4, -0.2) is 12.6 Å². The molecule has 0 aromatic heterocycles. The van der Waals surface area contributed by atoms with Gasteiger partial charge < -0.3 is 5.32 Å². The van der Waals surface area contributed by atoms with Crippen molar-refractivity contribution in [2.24, 2.45) is 11.3 Å². The molecule has 1 aromatic rings. The molecule has 118 valence electrons. The number of rotatable bonds is 4. The average Bonchev–Trinajstić information content (AvgIpc) is 2.35. The predicted octanol–water partition coefficient (Wildman–Crippen LogP) is 5.04. The highest BCUT2D eigenvalue weighted by Crippen LogP contribution is 2.46. The smallest absolute Gasteiger partial charge is 0.123 e. The van der Waals surface area contributed by atoms with Crippen LogP contribution in [0.2, 0.25) is 0 Å². The Morgan fingerprint density at radius 2 is 2.00 bits per heavy atom. The van der Waals surface area contributed by atoms with Crippen molar-refractivity contribution < 1.29 is 4.39 Å². The summed E-state index contributed by atoms with van der Waals surface area (Å²) in [6.07, 6.45) is 3.65. The van der Waals surface area contributed by atoms with E-state index >= 15 is 0 Å². The molecule has 21 heavy (non-hydrogen) atoms. The highest BCUT2D eigenvalue weighted by molar-refractivity contribution is 5.28. The summed E-state index contributed by atoms with van der Waals surface area (Å²) in [5.41, 5.74) is 2.58. The first-order valence-electron chi connectivity index (χ1n) is 8.27. The molecule has 2 atom stereocenters. The second kappa shape index (κ2) is 6.48. The number of halogens is 1. The van der Waals surface area contributed by atoms with Crippen molar-refractivity contribution >= 4 is 0 Å². The van der Waals surface area contributed by atoms with Crippen LogP contribution in [0.5, 0.6) is 0 Å². The molecule has 0 radical (unpaired) electrons. The minimum atomic E-state index is -0.0936. The van der Waals surface area contributed by atoms with Crippen molar-refractivity contribution in [1.29, 1.82) is 0 Å². The van der Waals surface area contributed by atoms with Gasteiger partial charge in [0, 0.05) is 6.04 Å². The van der Waals surface area contributed by atoms with Gasteiger partial charge in [-0.3, -0.25) is 0 Å². The van der Waals surface area contributed by atoms with Crippen molar-refractivity contribution in [3.8, 4) is 0 Å².